The minimum atomic E-state index is 0.887. The second-order valence-electron chi connectivity index (χ2n) is 6.22. The molecule has 0 aliphatic carbocycles. The van der Waals surface area contributed by atoms with Crippen molar-refractivity contribution in [2.24, 2.45) is 5.92 Å². The molecule has 0 aromatic carbocycles. The Morgan fingerprint density at radius 1 is 0.684 bits per heavy atom. The SMILES string of the molecule is CCCCCCC=CCC(C)CCCCCCCC. The van der Waals surface area contributed by atoms with Gasteiger partial charge in [0.05, 0.1) is 0 Å². The van der Waals surface area contributed by atoms with Crippen molar-refractivity contribution in [3.8, 4) is 0 Å². The molecule has 114 valence electrons. The van der Waals surface area contributed by atoms with Gasteiger partial charge in [0.1, 0.15) is 0 Å². The van der Waals surface area contributed by atoms with Crippen LogP contribution < -0.4 is 0 Å². The first-order valence-corrected chi connectivity index (χ1v) is 8.96. The van der Waals surface area contributed by atoms with Crippen LogP contribution in [0.5, 0.6) is 0 Å². The van der Waals surface area contributed by atoms with E-state index in [0.29, 0.717) is 0 Å². The van der Waals surface area contributed by atoms with Gasteiger partial charge in [-0.15, -0.1) is 0 Å². The molecule has 1 unspecified atom stereocenters. The predicted octanol–water partition coefficient (Wildman–Crippen LogP) is 7.29. The van der Waals surface area contributed by atoms with Crippen molar-refractivity contribution in [3.05, 3.63) is 12.2 Å². The summed E-state index contributed by atoms with van der Waals surface area (Å²) in [6.07, 6.45) is 23.0. The normalized spacial score (nSPS) is 13.2. The van der Waals surface area contributed by atoms with Crippen molar-refractivity contribution in [1.82, 2.24) is 0 Å². The summed E-state index contributed by atoms with van der Waals surface area (Å²) in [6, 6.07) is 0. The van der Waals surface area contributed by atoms with Gasteiger partial charge in [0.25, 0.3) is 0 Å². The molecule has 0 radical (unpaired) electrons. The molecule has 0 amide bonds. The van der Waals surface area contributed by atoms with Crippen molar-refractivity contribution in [2.75, 3.05) is 0 Å². The Balaban J connectivity index is 3.24. The van der Waals surface area contributed by atoms with Crippen LogP contribution in [-0.4, -0.2) is 0 Å². The molecule has 0 fully saturated rings. The third-order valence-corrected chi connectivity index (χ3v) is 3.98. The number of allylic oxidation sites excluding steroid dienone is 2. The first-order valence-electron chi connectivity index (χ1n) is 8.96. The van der Waals surface area contributed by atoms with Crippen molar-refractivity contribution in [1.29, 1.82) is 0 Å². The van der Waals surface area contributed by atoms with Crippen LogP contribution in [0.1, 0.15) is 104 Å². The Morgan fingerprint density at radius 3 is 1.95 bits per heavy atom. The first-order chi connectivity index (χ1) is 9.31. The van der Waals surface area contributed by atoms with Crippen LogP contribution in [-0.2, 0) is 0 Å². The van der Waals surface area contributed by atoms with Gasteiger partial charge in [0.2, 0.25) is 0 Å². The molecule has 0 spiro atoms. The average molecular weight is 267 g/mol. The van der Waals surface area contributed by atoms with E-state index in [1.54, 1.807) is 0 Å². The van der Waals surface area contributed by atoms with Crippen LogP contribution >= 0.6 is 0 Å². The Hall–Kier alpha value is -0.260. The van der Waals surface area contributed by atoms with Gasteiger partial charge in [-0.05, 0) is 25.2 Å². The molecule has 0 rings (SSSR count). The fourth-order valence-electron chi connectivity index (χ4n) is 2.53. The first kappa shape index (κ1) is 18.7. The maximum atomic E-state index is 2.42. The van der Waals surface area contributed by atoms with Crippen molar-refractivity contribution in [2.45, 2.75) is 104 Å². The molecule has 0 N–H and O–H groups in total. The van der Waals surface area contributed by atoms with E-state index in [1.807, 2.05) is 0 Å². The molecule has 0 saturated carbocycles. The molecular weight excluding hydrogens is 228 g/mol. The molecule has 0 aliphatic heterocycles. The number of rotatable bonds is 14. The van der Waals surface area contributed by atoms with Gasteiger partial charge in [-0.3, -0.25) is 0 Å². The monoisotopic (exact) mass is 266 g/mol. The van der Waals surface area contributed by atoms with Crippen LogP contribution in [0.2, 0.25) is 0 Å². The molecule has 0 saturated heterocycles. The summed E-state index contributed by atoms with van der Waals surface area (Å²) >= 11 is 0. The van der Waals surface area contributed by atoms with Gasteiger partial charge in [0.15, 0.2) is 0 Å². The molecular formula is C19H38. The summed E-state index contributed by atoms with van der Waals surface area (Å²) in [5.41, 5.74) is 0. The van der Waals surface area contributed by atoms with Crippen LogP contribution in [0, 0.1) is 5.92 Å². The summed E-state index contributed by atoms with van der Waals surface area (Å²) in [5.74, 6) is 0.887. The van der Waals surface area contributed by atoms with Crippen molar-refractivity contribution in [3.63, 3.8) is 0 Å². The Bertz CT molecular complexity index is 180. The topological polar surface area (TPSA) is 0 Å². The number of hydrogen-bond acceptors (Lipinski definition) is 0. The largest absolute Gasteiger partial charge is 0.0885 e. The van der Waals surface area contributed by atoms with Crippen molar-refractivity contribution < 1.29 is 0 Å². The summed E-state index contributed by atoms with van der Waals surface area (Å²) in [4.78, 5) is 0. The fraction of sp³-hybridized carbons (Fsp3) is 0.895. The minimum absolute atomic E-state index is 0.887. The van der Waals surface area contributed by atoms with Crippen LogP contribution in [0.25, 0.3) is 0 Å². The van der Waals surface area contributed by atoms with Crippen molar-refractivity contribution >= 4 is 0 Å². The highest BCUT2D eigenvalue weighted by Gasteiger charge is 1.99. The molecule has 0 aromatic heterocycles. The standard InChI is InChI=1S/C19H38/c1-4-6-8-10-12-14-16-18-19(3)17-15-13-11-9-7-5-2/h14,16,19H,4-13,15,17-18H2,1-3H3. The van der Waals surface area contributed by atoms with Gasteiger partial charge in [-0.2, -0.15) is 0 Å². The minimum Gasteiger partial charge on any atom is -0.0885 e. The summed E-state index contributed by atoms with van der Waals surface area (Å²) in [5, 5.41) is 0. The van der Waals surface area contributed by atoms with Crippen LogP contribution in [0.4, 0.5) is 0 Å². The molecule has 0 nitrogen and oxygen atoms in total. The Labute approximate surface area is 123 Å². The third-order valence-electron chi connectivity index (χ3n) is 3.98. The highest BCUT2D eigenvalue weighted by Crippen LogP contribution is 2.15. The molecule has 1 atom stereocenters. The predicted molar refractivity (Wildman–Crippen MR) is 89.7 cm³/mol. The summed E-state index contributed by atoms with van der Waals surface area (Å²) in [6.45, 7) is 6.98. The van der Waals surface area contributed by atoms with E-state index in [1.165, 1.54) is 83.5 Å². The molecule has 0 aliphatic rings. The van der Waals surface area contributed by atoms with E-state index in [2.05, 4.69) is 32.9 Å². The highest BCUT2D eigenvalue weighted by molar-refractivity contribution is 4.83. The van der Waals surface area contributed by atoms with E-state index in [0.717, 1.165) is 5.92 Å². The number of unbranched alkanes of at least 4 members (excludes halogenated alkanes) is 9. The molecule has 0 heteroatoms. The zero-order valence-corrected chi connectivity index (χ0v) is 13.9. The molecule has 19 heavy (non-hydrogen) atoms. The Morgan fingerprint density at radius 2 is 1.26 bits per heavy atom. The zero-order valence-electron chi connectivity index (χ0n) is 13.9. The lowest BCUT2D eigenvalue weighted by molar-refractivity contribution is 0.487. The lowest BCUT2D eigenvalue weighted by atomic mass is 9.98. The molecule has 0 bridgehead atoms. The maximum absolute atomic E-state index is 2.42. The van der Waals surface area contributed by atoms with Gasteiger partial charge < -0.3 is 0 Å². The quantitative estimate of drug-likeness (QED) is 0.229. The van der Waals surface area contributed by atoms with E-state index in [-0.39, 0.29) is 0 Å². The van der Waals surface area contributed by atoms with Gasteiger partial charge in [-0.25, -0.2) is 0 Å². The lowest BCUT2D eigenvalue weighted by Gasteiger charge is -2.08. The van der Waals surface area contributed by atoms with Gasteiger partial charge in [-0.1, -0.05) is 97.1 Å². The van der Waals surface area contributed by atoms with Crippen LogP contribution in [0.3, 0.4) is 0 Å². The second-order valence-corrected chi connectivity index (χ2v) is 6.22. The number of hydrogen-bond donors (Lipinski definition) is 0. The lowest BCUT2D eigenvalue weighted by Crippen LogP contribution is -1.92. The van der Waals surface area contributed by atoms with Gasteiger partial charge >= 0.3 is 0 Å². The summed E-state index contributed by atoms with van der Waals surface area (Å²) < 4.78 is 0. The molecule has 0 heterocycles. The summed E-state index contributed by atoms with van der Waals surface area (Å²) in [7, 11) is 0. The molecule has 0 aromatic rings. The Kier molecular flexibility index (Phi) is 15.6. The maximum Gasteiger partial charge on any atom is -0.0325 e. The van der Waals surface area contributed by atoms with Crippen LogP contribution in [0.15, 0.2) is 12.2 Å². The second kappa shape index (κ2) is 15.8. The zero-order chi connectivity index (χ0) is 14.2. The van der Waals surface area contributed by atoms with E-state index in [9.17, 15) is 0 Å². The third kappa shape index (κ3) is 15.7. The van der Waals surface area contributed by atoms with Gasteiger partial charge in [0, 0.05) is 0 Å². The fourth-order valence-corrected chi connectivity index (χ4v) is 2.53. The average Bonchev–Trinajstić information content (AvgIpc) is 2.41. The van der Waals surface area contributed by atoms with E-state index in [4.69, 9.17) is 0 Å². The van der Waals surface area contributed by atoms with E-state index < -0.39 is 0 Å². The van der Waals surface area contributed by atoms with E-state index >= 15 is 0 Å². The highest BCUT2D eigenvalue weighted by atomic mass is 14.0. The smallest absolute Gasteiger partial charge is 0.0325 e.